The van der Waals surface area contributed by atoms with Crippen molar-refractivity contribution in [2.75, 3.05) is 7.11 Å². The van der Waals surface area contributed by atoms with Gasteiger partial charge >= 0.3 is 0 Å². The summed E-state index contributed by atoms with van der Waals surface area (Å²) in [5, 5.41) is 3.54. The Morgan fingerprint density at radius 3 is 2.61 bits per heavy atom. The number of allylic oxidation sites excluding steroid dienone is 1. The maximum atomic E-state index is 13.2. The van der Waals surface area contributed by atoms with Gasteiger partial charge in [-0.2, -0.15) is 0 Å². The summed E-state index contributed by atoms with van der Waals surface area (Å²) in [5.41, 5.74) is 6.07. The van der Waals surface area contributed by atoms with Crippen LogP contribution in [0.15, 0.2) is 73.1 Å². The predicted molar refractivity (Wildman–Crippen MR) is 124 cm³/mol. The zero-order chi connectivity index (χ0) is 21.8. The highest BCUT2D eigenvalue weighted by atomic mass is 16.5. The molecule has 4 nitrogen and oxygen atoms in total. The number of ketones is 1. The van der Waals surface area contributed by atoms with Gasteiger partial charge in [-0.25, -0.2) is 0 Å². The highest BCUT2D eigenvalue weighted by Gasteiger charge is 2.28. The summed E-state index contributed by atoms with van der Waals surface area (Å²) in [6, 6.07) is 18.1. The fourth-order valence-corrected chi connectivity index (χ4v) is 4.09. The van der Waals surface area contributed by atoms with Gasteiger partial charge in [0, 0.05) is 40.8 Å². The van der Waals surface area contributed by atoms with Crippen molar-refractivity contribution in [3.8, 4) is 5.75 Å². The van der Waals surface area contributed by atoms with Gasteiger partial charge in [-0.3, -0.25) is 9.78 Å². The first-order valence-electron chi connectivity index (χ1n) is 10.6. The molecule has 0 saturated heterocycles. The lowest BCUT2D eigenvalue weighted by molar-refractivity contribution is 0.104. The van der Waals surface area contributed by atoms with Crippen LogP contribution >= 0.6 is 0 Å². The number of rotatable bonds is 6. The minimum Gasteiger partial charge on any atom is -0.497 e. The monoisotopic (exact) mass is 412 g/mol. The van der Waals surface area contributed by atoms with Crippen LogP contribution in [0.2, 0.25) is 0 Å². The van der Waals surface area contributed by atoms with Crippen LogP contribution in [0.5, 0.6) is 5.75 Å². The minimum absolute atomic E-state index is 0.000249. The molecule has 0 bridgehead atoms. The topological polar surface area (TPSA) is 51.2 Å². The highest BCUT2D eigenvalue weighted by molar-refractivity contribution is 6.08. The van der Waals surface area contributed by atoms with Crippen LogP contribution in [0.25, 0.3) is 5.70 Å². The van der Waals surface area contributed by atoms with Crippen LogP contribution in [0.4, 0.5) is 0 Å². The summed E-state index contributed by atoms with van der Waals surface area (Å²) in [5.74, 6) is 0.788. The molecule has 4 heteroatoms. The molecule has 0 saturated carbocycles. The number of carbonyl (C=O) groups is 1. The number of nitrogens with zero attached hydrogens (tertiary/aromatic N) is 1. The first-order chi connectivity index (χ1) is 14.9. The number of pyridine rings is 1. The first-order valence-corrected chi connectivity index (χ1v) is 10.6. The van der Waals surface area contributed by atoms with Gasteiger partial charge in [0.15, 0.2) is 5.78 Å². The van der Waals surface area contributed by atoms with Crippen molar-refractivity contribution in [1.29, 1.82) is 0 Å². The maximum Gasteiger partial charge on any atom is 0.187 e. The van der Waals surface area contributed by atoms with Gasteiger partial charge in [-0.15, -0.1) is 0 Å². The van der Waals surface area contributed by atoms with Gasteiger partial charge < -0.3 is 10.1 Å². The van der Waals surface area contributed by atoms with Crippen LogP contribution in [0.1, 0.15) is 46.5 Å². The summed E-state index contributed by atoms with van der Waals surface area (Å²) in [4.78, 5) is 17.2. The molecule has 0 spiro atoms. The second-order valence-corrected chi connectivity index (χ2v) is 8.69. The molecular formula is C27H28N2O2. The number of aryl methyl sites for hydroxylation is 2. The molecule has 0 aliphatic carbocycles. The summed E-state index contributed by atoms with van der Waals surface area (Å²) in [7, 11) is 1.66. The van der Waals surface area contributed by atoms with Crippen molar-refractivity contribution >= 4 is 11.5 Å². The van der Waals surface area contributed by atoms with Gasteiger partial charge in [-0.1, -0.05) is 24.3 Å². The third-order valence-electron chi connectivity index (χ3n) is 5.65. The van der Waals surface area contributed by atoms with E-state index in [1.807, 2.05) is 54.9 Å². The third kappa shape index (κ3) is 5.02. The lowest BCUT2D eigenvalue weighted by atomic mass is 9.85. The number of carbonyl (C=O) groups excluding carboxylic acids is 1. The minimum atomic E-state index is -0.125. The lowest BCUT2D eigenvalue weighted by Crippen LogP contribution is -2.43. The van der Waals surface area contributed by atoms with Crippen molar-refractivity contribution in [2.45, 2.75) is 38.6 Å². The molecule has 3 aromatic rings. The van der Waals surface area contributed by atoms with E-state index >= 15 is 0 Å². The molecule has 158 valence electrons. The third-order valence-corrected chi connectivity index (χ3v) is 5.65. The number of benzene rings is 2. The Morgan fingerprint density at radius 2 is 1.84 bits per heavy atom. The van der Waals surface area contributed by atoms with Crippen molar-refractivity contribution in [3.63, 3.8) is 0 Å². The van der Waals surface area contributed by atoms with Crippen molar-refractivity contribution in [2.24, 2.45) is 0 Å². The summed E-state index contributed by atoms with van der Waals surface area (Å²) >= 11 is 0. The van der Waals surface area contributed by atoms with Crippen molar-refractivity contribution in [1.82, 2.24) is 10.3 Å². The van der Waals surface area contributed by atoms with E-state index in [1.165, 1.54) is 11.1 Å². The van der Waals surface area contributed by atoms with Crippen LogP contribution in [0.3, 0.4) is 0 Å². The number of hydrogen-bond acceptors (Lipinski definition) is 4. The molecule has 1 aromatic heterocycles. The van der Waals surface area contributed by atoms with E-state index in [9.17, 15) is 4.79 Å². The smallest absolute Gasteiger partial charge is 0.187 e. The molecule has 0 amide bonds. The van der Waals surface area contributed by atoms with Gasteiger partial charge in [0.25, 0.3) is 0 Å². The largest absolute Gasteiger partial charge is 0.497 e. The first kappa shape index (κ1) is 20.9. The number of nitrogens with one attached hydrogen (secondary N) is 1. The molecule has 0 unspecified atom stereocenters. The Morgan fingerprint density at radius 1 is 1.06 bits per heavy atom. The van der Waals surface area contributed by atoms with Gasteiger partial charge in [0.1, 0.15) is 5.75 Å². The summed E-state index contributed by atoms with van der Waals surface area (Å²) in [6.07, 6.45) is 8.04. The lowest BCUT2D eigenvalue weighted by Gasteiger charge is -2.35. The molecule has 31 heavy (non-hydrogen) atoms. The van der Waals surface area contributed by atoms with Gasteiger partial charge in [0.2, 0.25) is 0 Å². The Labute approximate surface area is 184 Å². The van der Waals surface area contributed by atoms with Crippen LogP contribution in [0, 0.1) is 0 Å². The van der Waals surface area contributed by atoms with Gasteiger partial charge in [-0.05, 0) is 80.1 Å². The van der Waals surface area contributed by atoms with E-state index < -0.39 is 0 Å². The second-order valence-electron chi connectivity index (χ2n) is 8.69. The molecule has 2 heterocycles. The van der Waals surface area contributed by atoms with Gasteiger partial charge in [0.05, 0.1) is 7.11 Å². The standard InChI is InChI=1S/C27H28N2O2/c1-27(2)18-22-9-10-23(31-3)16-24(22)25(29-27)17-26(30)21-6-4-5-20(15-21)8-7-19-11-13-28-14-12-19/h4-6,9-17,29H,7-8,18H2,1-3H3/b25-17-. The van der Waals surface area contributed by atoms with Crippen LogP contribution in [-0.4, -0.2) is 23.4 Å². The molecule has 0 fully saturated rings. The van der Waals surface area contributed by atoms with E-state index in [2.05, 4.69) is 36.3 Å². The molecule has 0 atom stereocenters. The SMILES string of the molecule is COc1ccc2c(c1)/C(=C/C(=O)c1cccc(CCc3ccncc3)c1)NC(C)(C)C2. The van der Waals surface area contributed by atoms with E-state index in [0.717, 1.165) is 41.8 Å². The zero-order valence-electron chi connectivity index (χ0n) is 18.3. The molecule has 1 N–H and O–H groups in total. The number of aromatic nitrogens is 1. The normalized spacial score (nSPS) is 15.8. The fourth-order valence-electron chi connectivity index (χ4n) is 4.09. The second kappa shape index (κ2) is 8.76. The van der Waals surface area contributed by atoms with Crippen LogP contribution < -0.4 is 10.1 Å². The van der Waals surface area contributed by atoms with E-state index in [1.54, 1.807) is 13.2 Å². The molecule has 1 aliphatic rings. The van der Waals surface area contributed by atoms with E-state index in [-0.39, 0.29) is 11.3 Å². The molecule has 2 aromatic carbocycles. The Kier molecular flexibility index (Phi) is 5.90. The molecule has 0 radical (unpaired) electrons. The number of fused-ring (bicyclic) bond motifs is 1. The molecular weight excluding hydrogens is 384 g/mol. The average Bonchev–Trinajstić information content (AvgIpc) is 2.77. The number of methoxy groups -OCH3 is 1. The zero-order valence-corrected chi connectivity index (χ0v) is 18.3. The fraction of sp³-hybridized carbons (Fsp3) is 0.259. The highest BCUT2D eigenvalue weighted by Crippen LogP contribution is 2.32. The quantitative estimate of drug-likeness (QED) is 0.456. The predicted octanol–water partition coefficient (Wildman–Crippen LogP) is 5.02. The van der Waals surface area contributed by atoms with E-state index in [0.29, 0.717) is 5.56 Å². The van der Waals surface area contributed by atoms with Crippen molar-refractivity contribution in [3.05, 3.63) is 101 Å². The Balaban J connectivity index is 1.58. The van der Waals surface area contributed by atoms with E-state index in [4.69, 9.17) is 4.74 Å². The maximum absolute atomic E-state index is 13.2. The average molecular weight is 413 g/mol. The Bertz CT molecular complexity index is 1120. The van der Waals surface area contributed by atoms with Crippen LogP contribution in [-0.2, 0) is 19.3 Å². The summed E-state index contributed by atoms with van der Waals surface area (Å²) < 4.78 is 5.41. The molecule has 1 aliphatic heterocycles. The Hall–Kier alpha value is -3.40. The number of hydrogen-bond donors (Lipinski definition) is 1. The summed E-state index contributed by atoms with van der Waals surface area (Å²) in [6.45, 7) is 4.30. The molecule has 4 rings (SSSR count). The van der Waals surface area contributed by atoms with Crippen molar-refractivity contribution < 1.29 is 9.53 Å². The number of ether oxygens (including phenoxy) is 1.